The zero-order chi connectivity index (χ0) is 14.4. The zero-order valence-electron chi connectivity index (χ0n) is 13.4. The van der Waals surface area contributed by atoms with Crippen molar-refractivity contribution in [1.29, 1.82) is 0 Å². The summed E-state index contributed by atoms with van der Waals surface area (Å²) in [5.74, 6) is 1.46. The minimum atomic E-state index is 0. The summed E-state index contributed by atoms with van der Waals surface area (Å²) >= 11 is 0. The van der Waals surface area contributed by atoms with E-state index >= 15 is 0 Å². The first-order valence-electron chi connectivity index (χ1n) is 8.24. The van der Waals surface area contributed by atoms with E-state index < -0.39 is 0 Å². The summed E-state index contributed by atoms with van der Waals surface area (Å²) in [5.41, 5.74) is 0. The number of rotatable bonds is 8. The molecule has 1 amide bonds. The number of halogens is 1. The van der Waals surface area contributed by atoms with Gasteiger partial charge in [0.15, 0.2) is 0 Å². The van der Waals surface area contributed by atoms with E-state index in [1.807, 2.05) is 0 Å². The molecule has 2 atom stereocenters. The molecule has 0 aromatic heterocycles. The molecule has 2 bridgehead atoms. The lowest BCUT2D eigenvalue weighted by molar-refractivity contribution is -0.122. The van der Waals surface area contributed by atoms with Crippen LogP contribution in [-0.2, 0) is 9.53 Å². The van der Waals surface area contributed by atoms with Crippen LogP contribution in [0.1, 0.15) is 52.4 Å². The Morgan fingerprint density at radius 1 is 1.24 bits per heavy atom. The molecule has 0 aliphatic carbocycles. The van der Waals surface area contributed by atoms with Gasteiger partial charge in [0.2, 0.25) is 5.91 Å². The molecular weight excluding hydrogens is 288 g/mol. The summed E-state index contributed by atoms with van der Waals surface area (Å²) in [6, 6.07) is 1.34. The standard InChI is InChI=1S/C16H30N2O2.ClH/c1-12(2)5-7-20-8-6-17-16(19)11-13-9-14-3-4-15(10-13)18-14;/h12-15,18H,3-11H2,1-2H3,(H,17,19);1H. The van der Waals surface area contributed by atoms with Crippen LogP contribution in [0.2, 0.25) is 0 Å². The molecule has 124 valence electrons. The van der Waals surface area contributed by atoms with Crippen LogP contribution < -0.4 is 10.6 Å². The van der Waals surface area contributed by atoms with Crippen molar-refractivity contribution in [3.63, 3.8) is 0 Å². The highest BCUT2D eigenvalue weighted by Gasteiger charge is 2.33. The lowest BCUT2D eigenvalue weighted by Gasteiger charge is -2.28. The second kappa shape index (κ2) is 9.65. The Labute approximate surface area is 135 Å². The van der Waals surface area contributed by atoms with Gasteiger partial charge in [-0.1, -0.05) is 13.8 Å². The Hall–Kier alpha value is -0.320. The SMILES string of the molecule is CC(C)CCOCCNC(=O)CC1CC2CCC(C1)N2.Cl. The maximum absolute atomic E-state index is 11.9. The van der Waals surface area contributed by atoms with Crippen molar-refractivity contribution in [2.24, 2.45) is 11.8 Å². The van der Waals surface area contributed by atoms with E-state index in [1.165, 1.54) is 25.7 Å². The number of carbonyl (C=O) groups is 1. The smallest absolute Gasteiger partial charge is 0.220 e. The highest BCUT2D eigenvalue weighted by Crippen LogP contribution is 2.32. The first-order chi connectivity index (χ1) is 9.63. The first kappa shape index (κ1) is 18.7. The molecule has 0 aromatic carbocycles. The molecule has 0 spiro atoms. The van der Waals surface area contributed by atoms with Gasteiger partial charge in [-0.25, -0.2) is 0 Å². The van der Waals surface area contributed by atoms with Crippen LogP contribution >= 0.6 is 12.4 Å². The molecule has 2 aliphatic rings. The van der Waals surface area contributed by atoms with Crippen LogP contribution in [0.25, 0.3) is 0 Å². The molecule has 0 aromatic rings. The molecule has 2 rings (SSSR count). The first-order valence-corrected chi connectivity index (χ1v) is 8.24. The number of hydrogen-bond donors (Lipinski definition) is 2. The lowest BCUT2D eigenvalue weighted by atomic mass is 9.89. The maximum atomic E-state index is 11.9. The summed E-state index contributed by atoms with van der Waals surface area (Å²) in [7, 11) is 0. The zero-order valence-corrected chi connectivity index (χ0v) is 14.2. The number of piperidine rings is 1. The van der Waals surface area contributed by atoms with Gasteiger partial charge in [0.1, 0.15) is 0 Å². The molecule has 2 unspecified atom stereocenters. The molecule has 0 radical (unpaired) electrons. The van der Waals surface area contributed by atoms with Crippen LogP contribution in [0.15, 0.2) is 0 Å². The average Bonchev–Trinajstić information content (AvgIpc) is 2.72. The third-order valence-corrected chi connectivity index (χ3v) is 4.45. The summed E-state index contributed by atoms with van der Waals surface area (Å²) in [5, 5.41) is 6.60. The third-order valence-electron chi connectivity index (χ3n) is 4.45. The van der Waals surface area contributed by atoms with Gasteiger partial charge in [-0.2, -0.15) is 0 Å². The van der Waals surface area contributed by atoms with Crippen molar-refractivity contribution in [2.45, 2.75) is 64.5 Å². The number of nitrogens with one attached hydrogen (secondary N) is 2. The summed E-state index contributed by atoms with van der Waals surface area (Å²) < 4.78 is 5.50. The van der Waals surface area contributed by atoms with E-state index in [1.54, 1.807) is 0 Å². The Kier molecular flexibility index (Phi) is 8.60. The number of carbonyl (C=O) groups excluding carboxylic acids is 1. The normalized spacial score (nSPS) is 27.5. The van der Waals surface area contributed by atoms with Crippen molar-refractivity contribution < 1.29 is 9.53 Å². The second-order valence-electron chi connectivity index (χ2n) is 6.82. The minimum absolute atomic E-state index is 0. The van der Waals surface area contributed by atoms with Crippen molar-refractivity contribution in [3.05, 3.63) is 0 Å². The van der Waals surface area contributed by atoms with Crippen molar-refractivity contribution in [1.82, 2.24) is 10.6 Å². The maximum Gasteiger partial charge on any atom is 0.220 e. The Morgan fingerprint density at radius 2 is 1.90 bits per heavy atom. The molecule has 5 heteroatoms. The van der Waals surface area contributed by atoms with Crippen LogP contribution in [0.4, 0.5) is 0 Å². The quantitative estimate of drug-likeness (QED) is 0.676. The van der Waals surface area contributed by atoms with Crippen molar-refractivity contribution in [2.75, 3.05) is 19.8 Å². The van der Waals surface area contributed by atoms with Crippen molar-refractivity contribution >= 4 is 18.3 Å². The highest BCUT2D eigenvalue weighted by molar-refractivity contribution is 5.85. The van der Waals surface area contributed by atoms with Crippen LogP contribution in [0.5, 0.6) is 0 Å². The fourth-order valence-electron chi connectivity index (χ4n) is 3.36. The van der Waals surface area contributed by atoms with Gasteiger partial charge in [0.05, 0.1) is 6.61 Å². The van der Waals surface area contributed by atoms with Crippen LogP contribution in [0, 0.1) is 11.8 Å². The average molecular weight is 319 g/mol. The van der Waals surface area contributed by atoms with Crippen LogP contribution in [-0.4, -0.2) is 37.7 Å². The van der Waals surface area contributed by atoms with Gasteiger partial charge in [0.25, 0.3) is 0 Å². The number of amides is 1. The van der Waals surface area contributed by atoms with Crippen molar-refractivity contribution in [3.8, 4) is 0 Å². The molecule has 2 saturated heterocycles. The fourth-order valence-corrected chi connectivity index (χ4v) is 3.36. The van der Waals surface area contributed by atoms with Gasteiger partial charge < -0.3 is 15.4 Å². The number of fused-ring (bicyclic) bond motifs is 2. The van der Waals surface area contributed by atoms with Crippen LogP contribution in [0.3, 0.4) is 0 Å². The van der Waals surface area contributed by atoms with Gasteiger partial charge in [-0.15, -0.1) is 12.4 Å². The van der Waals surface area contributed by atoms with E-state index in [-0.39, 0.29) is 18.3 Å². The molecule has 2 N–H and O–H groups in total. The predicted octanol–water partition coefficient (Wildman–Crippen LogP) is 2.51. The summed E-state index contributed by atoms with van der Waals surface area (Å²) in [6.45, 7) is 6.46. The number of hydrogen-bond acceptors (Lipinski definition) is 3. The molecular formula is C16H31ClN2O2. The van der Waals surface area contributed by atoms with Gasteiger partial charge >= 0.3 is 0 Å². The Bertz CT molecular complexity index is 301. The minimum Gasteiger partial charge on any atom is -0.380 e. The van der Waals surface area contributed by atoms with E-state index in [0.717, 1.165) is 13.0 Å². The Balaban J connectivity index is 0.00000220. The summed E-state index contributed by atoms with van der Waals surface area (Å²) in [6.07, 6.45) is 6.73. The van der Waals surface area contributed by atoms with Gasteiger partial charge in [0, 0.05) is 31.7 Å². The van der Waals surface area contributed by atoms with E-state index in [0.29, 0.717) is 43.5 Å². The van der Waals surface area contributed by atoms with E-state index in [9.17, 15) is 4.79 Å². The molecule has 21 heavy (non-hydrogen) atoms. The molecule has 2 heterocycles. The van der Waals surface area contributed by atoms with Gasteiger partial charge in [-0.3, -0.25) is 4.79 Å². The van der Waals surface area contributed by atoms with E-state index in [2.05, 4.69) is 24.5 Å². The lowest BCUT2D eigenvalue weighted by Crippen LogP contribution is -2.40. The highest BCUT2D eigenvalue weighted by atomic mass is 35.5. The molecule has 4 nitrogen and oxygen atoms in total. The second-order valence-corrected chi connectivity index (χ2v) is 6.82. The molecule has 0 saturated carbocycles. The largest absolute Gasteiger partial charge is 0.380 e. The number of ether oxygens (including phenoxy) is 1. The third kappa shape index (κ3) is 6.98. The fraction of sp³-hybridized carbons (Fsp3) is 0.938. The monoisotopic (exact) mass is 318 g/mol. The molecule has 2 fully saturated rings. The predicted molar refractivity (Wildman–Crippen MR) is 87.8 cm³/mol. The topological polar surface area (TPSA) is 50.4 Å². The van der Waals surface area contributed by atoms with Gasteiger partial charge in [-0.05, 0) is 43.9 Å². The Morgan fingerprint density at radius 3 is 2.52 bits per heavy atom. The molecule has 2 aliphatic heterocycles. The summed E-state index contributed by atoms with van der Waals surface area (Å²) in [4.78, 5) is 11.9. The van der Waals surface area contributed by atoms with E-state index in [4.69, 9.17) is 4.74 Å².